The molecule has 26 heavy (non-hydrogen) atoms. The van der Waals surface area contributed by atoms with Gasteiger partial charge in [-0.25, -0.2) is 0 Å². The largest absolute Gasteiger partial charge is 0.463 e. The van der Waals surface area contributed by atoms with Crippen LogP contribution in [0.25, 0.3) is 0 Å². The number of esters is 1. The number of carbonyl (C=O) groups excluding carboxylic acids is 1. The molecule has 4 aliphatic rings. The summed E-state index contributed by atoms with van der Waals surface area (Å²) in [7, 11) is 0. The second kappa shape index (κ2) is 6.20. The summed E-state index contributed by atoms with van der Waals surface area (Å²) in [6, 6.07) is 0. The maximum atomic E-state index is 11.4. The zero-order valence-electron chi connectivity index (χ0n) is 16.7. The van der Waals surface area contributed by atoms with Gasteiger partial charge in [0, 0.05) is 12.3 Å². The van der Waals surface area contributed by atoms with E-state index < -0.39 is 5.60 Å². The zero-order valence-corrected chi connectivity index (χ0v) is 16.7. The number of hydrogen-bond donors (Lipinski definition) is 2. The summed E-state index contributed by atoms with van der Waals surface area (Å²) in [6.45, 7) is 6.16. The number of hydrogen-bond acceptors (Lipinski definition) is 4. The van der Waals surface area contributed by atoms with Crippen LogP contribution in [0.2, 0.25) is 0 Å². The Balaban J connectivity index is 1.55. The molecule has 4 heteroatoms. The second-order valence-electron chi connectivity index (χ2n) is 10.3. The molecule has 4 fully saturated rings. The second-order valence-corrected chi connectivity index (χ2v) is 10.3. The molecule has 0 aliphatic heterocycles. The van der Waals surface area contributed by atoms with Gasteiger partial charge in [0.15, 0.2) is 0 Å². The lowest BCUT2D eigenvalue weighted by Crippen LogP contribution is -2.57. The molecule has 0 saturated heterocycles. The summed E-state index contributed by atoms with van der Waals surface area (Å²) in [4.78, 5) is 11.4. The maximum absolute atomic E-state index is 11.4. The molecule has 0 amide bonds. The minimum Gasteiger partial charge on any atom is -0.463 e. The minimum absolute atomic E-state index is 0.0959. The van der Waals surface area contributed by atoms with Gasteiger partial charge < -0.3 is 14.9 Å². The van der Waals surface area contributed by atoms with E-state index in [4.69, 9.17) is 4.74 Å². The number of rotatable bonds is 2. The number of ether oxygens (including phenoxy) is 1. The zero-order chi connectivity index (χ0) is 18.7. The highest BCUT2D eigenvalue weighted by molar-refractivity contribution is 5.66. The van der Waals surface area contributed by atoms with Crippen molar-refractivity contribution in [1.82, 2.24) is 0 Å². The molecule has 0 aromatic heterocycles. The van der Waals surface area contributed by atoms with Crippen LogP contribution in [0.4, 0.5) is 0 Å². The number of aliphatic hydroxyl groups excluding tert-OH is 1. The van der Waals surface area contributed by atoms with E-state index in [0.29, 0.717) is 23.2 Å². The molecule has 0 bridgehead atoms. The number of fused-ring (bicyclic) bond motifs is 5. The van der Waals surface area contributed by atoms with Gasteiger partial charge in [-0.15, -0.1) is 0 Å². The van der Waals surface area contributed by atoms with Gasteiger partial charge in [0.2, 0.25) is 0 Å². The van der Waals surface area contributed by atoms with Crippen molar-refractivity contribution in [2.75, 3.05) is 6.61 Å². The first-order chi connectivity index (χ1) is 12.2. The summed E-state index contributed by atoms with van der Waals surface area (Å²) < 4.78 is 5.55. The van der Waals surface area contributed by atoms with E-state index in [2.05, 4.69) is 13.8 Å². The fourth-order valence-electron chi connectivity index (χ4n) is 7.93. The average molecular weight is 365 g/mol. The van der Waals surface area contributed by atoms with Crippen molar-refractivity contribution in [3.8, 4) is 0 Å². The summed E-state index contributed by atoms with van der Waals surface area (Å²) in [5.41, 5.74) is -0.657. The Labute approximate surface area is 157 Å². The highest BCUT2D eigenvalue weighted by atomic mass is 16.5. The SMILES string of the molecule is CC(=O)O[C@@H]1CC[C@@]2(C)[C@H](CC[C@@H]3[C@@H]2CC[C@@]2(C)[C@H]3CC[C@]2(O)CO)C1. The fourth-order valence-corrected chi connectivity index (χ4v) is 7.93. The highest BCUT2D eigenvalue weighted by Crippen LogP contribution is 2.68. The van der Waals surface area contributed by atoms with Crippen LogP contribution in [0.5, 0.6) is 0 Å². The molecule has 4 rings (SSSR count). The maximum Gasteiger partial charge on any atom is 0.302 e. The van der Waals surface area contributed by atoms with E-state index in [1.165, 1.54) is 26.2 Å². The first-order valence-corrected chi connectivity index (χ1v) is 10.7. The predicted molar refractivity (Wildman–Crippen MR) is 99.3 cm³/mol. The van der Waals surface area contributed by atoms with Crippen LogP contribution in [0.15, 0.2) is 0 Å². The van der Waals surface area contributed by atoms with Crippen molar-refractivity contribution in [3.05, 3.63) is 0 Å². The summed E-state index contributed by atoms with van der Waals surface area (Å²) >= 11 is 0. The van der Waals surface area contributed by atoms with Gasteiger partial charge in [-0.05, 0) is 86.9 Å². The molecule has 148 valence electrons. The van der Waals surface area contributed by atoms with Crippen molar-refractivity contribution < 1.29 is 19.7 Å². The molecular weight excluding hydrogens is 328 g/mol. The molecule has 4 aliphatic carbocycles. The van der Waals surface area contributed by atoms with Gasteiger partial charge in [0.1, 0.15) is 6.10 Å². The van der Waals surface area contributed by atoms with Crippen molar-refractivity contribution >= 4 is 5.97 Å². The molecule has 0 aromatic carbocycles. The van der Waals surface area contributed by atoms with Gasteiger partial charge in [-0.1, -0.05) is 13.8 Å². The molecule has 8 atom stereocenters. The van der Waals surface area contributed by atoms with Crippen molar-refractivity contribution in [2.24, 2.45) is 34.5 Å². The topological polar surface area (TPSA) is 66.8 Å². The highest BCUT2D eigenvalue weighted by Gasteiger charge is 2.64. The monoisotopic (exact) mass is 364 g/mol. The normalized spacial score (nSPS) is 53.3. The van der Waals surface area contributed by atoms with Gasteiger partial charge >= 0.3 is 5.97 Å². The van der Waals surface area contributed by atoms with Crippen LogP contribution in [-0.4, -0.2) is 34.5 Å². The van der Waals surface area contributed by atoms with Crippen LogP contribution < -0.4 is 0 Å². The van der Waals surface area contributed by atoms with Crippen LogP contribution in [-0.2, 0) is 9.53 Å². The molecule has 4 saturated carbocycles. The van der Waals surface area contributed by atoms with E-state index in [-0.39, 0.29) is 24.1 Å². The minimum atomic E-state index is -0.882. The third kappa shape index (κ3) is 2.51. The molecule has 0 heterocycles. The molecule has 0 spiro atoms. The lowest BCUT2D eigenvalue weighted by molar-refractivity contribution is -0.175. The van der Waals surface area contributed by atoms with E-state index in [9.17, 15) is 15.0 Å². The molecule has 0 radical (unpaired) electrons. The van der Waals surface area contributed by atoms with E-state index >= 15 is 0 Å². The molecule has 2 N–H and O–H groups in total. The van der Waals surface area contributed by atoms with Crippen LogP contribution in [0.1, 0.15) is 78.6 Å². The van der Waals surface area contributed by atoms with E-state index in [1.54, 1.807) is 0 Å². The van der Waals surface area contributed by atoms with Gasteiger partial charge in [0.25, 0.3) is 0 Å². The van der Waals surface area contributed by atoms with Gasteiger partial charge in [-0.3, -0.25) is 4.79 Å². The van der Waals surface area contributed by atoms with Crippen LogP contribution in [0, 0.1) is 34.5 Å². The number of aliphatic hydroxyl groups is 2. The predicted octanol–water partition coefficient (Wildman–Crippen LogP) is 3.68. The summed E-state index contributed by atoms with van der Waals surface area (Å²) in [5.74, 6) is 2.46. The van der Waals surface area contributed by atoms with Crippen molar-refractivity contribution in [1.29, 1.82) is 0 Å². The van der Waals surface area contributed by atoms with Gasteiger partial charge in [0.05, 0.1) is 12.2 Å². The Morgan fingerprint density at radius 2 is 1.77 bits per heavy atom. The first kappa shape index (κ1) is 18.7. The fraction of sp³-hybridized carbons (Fsp3) is 0.955. The third-order valence-electron chi connectivity index (χ3n) is 9.53. The smallest absolute Gasteiger partial charge is 0.302 e. The Hall–Kier alpha value is -0.610. The Bertz CT molecular complexity index is 576. The standard InChI is InChI=1S/C22H36O4/c1-14(24)26-16-6-9-20(2)15(12-16)4-5-17-18(20)7-10-21(3)19(17)8-11-22(21,25)13-23/h15-19,23,25H,4-13H2,1-3H3/t15-,16-,17-,18+,19+,20+,21+,22+/m1/s1. The number of carbonyl (C=O) groups is 1. The van der Waals surface area contributed by atoms with Crippen LogP contribution in [0.3, 0.4) is 0 Å². The lowest BCUT2D eigenvalue weighted by atomic mass is 9.44. The van der Waals surface area contributed by atoms with E-state index in [1.807, 2.05) is 0 Å². The Morgan fingerprint density at radius 3 is 2.46 bits per heavy atom. The molecule has 4 nitrogen and oxygen atoms in total. The lowest BCUT2D eigenvalue weighted by Gasteiger charge is -2.61. The van der Waals surface area contributed by atoms with E-state index in [0.717, 1.165) is 44.4 Å². The summed E-state index contributed by atoms with van der Waals surface area (Å²) in [6.07, 6.45) is 9.77. The first-order valence-electron chi connectivity index (χ1n) is 10.7. The third-order valence-corrected chi connectivity index (χ3v) is 9.53. The Morgan fingerprint density at radius 1 is 1.04 bits per heavy atom. The Kier molecular flexibility index (Phi) is 4.47. The summed E-state index contributed by atoms with van der Waals surface area (Å²) in [5, 5.41) is 20.9. The van der Waals surface area contributed by atoms with Crippen LogP contribution >= 0.6 is 0 Å². The molecular formula is C22H36O4. The average Bonchev–Trinajstić information content (AvgIpc) is 2.87. The van der Waals surface area contributed by atoms with Crippen molar-refractivity contribution in [2.45, 2.75) is 90.3 Å². The van der Waals surface area contributed by atoms with Crippen molar-refractivity contribution in [3.63, 3.8) is 0 Å². The van der Waals surface area contributed by atoms with Gasteiger partial charge in [-0.2, -0.15) is 0 Å². The quantitative estimate of drug-likeness (QED) is 0.734. The molecule has 0 aromatic rings. The molecule has 0 unspecified atom stereocenters.